The van der Waals surface area contributed by atoms with Crippen LogP contribution in [0.25, 0.3) is 11.3 Å². The molecule has 0 radical (unpaired) electrons. The summed E-state index contributed by atoms with van der Waals surface area (Å²) >= 11 is 0. The van der Waals surface area contributed by atoms with Crippen LogP contribution in [0.1, 0.15) is 18.4 Å². The molecule has 0 unspecified atom stereocenters. The van der Waals surface area contributed by atoms with Crippen molar-refractivity contribution in [2.45, 2.75) is 25.8 Å². The van der Waals surface area contributed by atoms with Gasteiger partial charge < -0.3 is 9.47 Å². The first-order chi connectivity index (χ1) is 14.2. The van der Waals surface area contributed by atoms with Gasteiger partial charge in [0.1, 0.15) is 6.54 Å². The van der Waals surface area contributed by atoms with Gasteiger partial charge in [0.15, 0.2) is 0 Å². The van der Waals surface area contributed by atoms with Crippen LogP contribution in [0.15, 0.2) is 77.9 Å². The summed E-state index contributed by atoms with van der Waals surface area (Å²) in [7, 11) is 0. The number of rotatable bonds is 5. The van der Waals surface area contributed by atoms with Gasteiger partial charge in [-0.15, -0.1) is 0 Å². The van der Waals surface area contributed by atoms with E-state index in [1.54, 1.807) is 6.20 Å². The Morgan fingerprint density at radius 3 is 2.31 bits per heavy atom. The molecule has 0 aliphatic carbocycles. The van der Waals surface area contributed by atoms with Crippen LogP contribution in [0.3, 0.4) is 0 Å². The lowest BCUT2D eigenvalue weighted by molar-refractivity contribution is -0.133. The van der Waals surface area contributed by atoms with Crippen molar-refractivity contribution < 1.29 is 4.79 Å². The van der Waals surface area contributed by atoms with E-state index < -0.39 is 0 Å². The van der Waals surface area contributed by atoms with Crippen LogP contribution in [-0.2, 0) is 17.8 Å². The molecule has 0 atom stereocenters. The normalized spacial score (nSPS) is 14.7. The van der Waals surface area contributed by atoms with Gasteiger partial charge in [0.05, 0.1) is 11.9 Å². The Labute approximate surface area is 170 Å². The quantitative estimate of drug-likeness (QED) is 0.674. The highest BCUT2D eigenvalue weighted by atomic mass is 16.2. The van der Waals surface area contributed by atoms with Gasteiger partial charge in [-0.1, -0.05) is 60.7 Å². The van der Waals surface area contributed by atoms with Gasteiger partial charge in [-0.3, -0.25) is 9.59 Å². The van der Waals surface area contributed by atoms with Crippen LogP contribution in [-0.4, -0.2) is 33.4 Å². The van der Waals surface area contributed by atoms with E-state index in [9.17, 15) is 9.59 Å². The Balaban J connectivity index is 1.37. The van der Waals surface area contributed by atoms with Crippen LogP contribution in [0.4, 0.5) is 0 Å². The molecule has 5 nitrogen and oxygen atoms in total. The summed E-state index contributed by atoms with van der Waals surface area (Å²) in [6, 6.07) is 20.2. The molecule has 2 heterocycles. The average Bonchev–Trinajstić information content (AvgIpc) is 2.77. The molecule has 1 amide bonds. The van der Waals surface area contributed by atoms with Crippen LogP contribution in [0, 0.1) is 5.92 Å². The molecule has 29 heavy (non-hydrogen) atoms. The van der Waals surface area contributed by atoms with Crippen LogP contribution >= 0.6 is 0 Å². The van der Waals surface area contributed by atoms with Gasteiger partial charge in [0.25, 0.3) is 5.56 Å². The maximum atomic E-state index is 12.8. The second-order valence-electron chi connectivity index (χ2n) is 7.62. The largest absolute Gasteiger partial charge is 0.341 e. The van der Waals surface area contributed by atoms with Crippen molar-refractivity contribution >= 4 is 5.91 Å². The minimum absolute atomic E-state index is 0.00419. The fourth-order valence-corrected chi connectivity index (χ4v) is 3.90. The third-order valence-corrected chi connectivity index (χ3v) is 5.58. The van der Waals surface area contributed by atoms with E-state index in [1.165, 1.54) is 16.3 Å². The highest BCUT2D eigenvalue weighted by molar-refractivity contribution is 5.76. The lowest BCUT2D eigenvalue weighted by atomic mass is 9.90. The summed E-state index contributed by atoms with van der Waals surface area (Å²) in [5, 5.41) is 0. The number of benzene rings is 2. The fraction of sp³-hybridized carbons (Fsp3) is 0.292. The number of carbonyl (C=O) groups is 1. The van der Waals surface area contributed by atoms with Crippen molar-refractivity contribution in [3.63, 3.8) is 0 Å². The summed E-state index contributed by atoms with van der Waals surface area (Å²) < 4.78 is 1.47. The zero-order chi connectivity index (χ0) is 20.1. The van der Waals surface area contributed by atoms with E-state index in [1.807, 2.05) is 41.3 Å². The summed E-state index contributed by atoms with van der Waals surface area (Å²) in [6.45, 7) is 1.56. The van der Waals surface area contributed by atoms with Gasteiger partial charge in [-0.25, -0.2) is 4.98 Å². The Kier molecular flexibility index (Phi) is 5.84. The fourth-order valence-electron chi connectivity index (χ4n) is 3.90. The monoisotopic (exact) mass is 387 g/mol. The molecule has 148 valence electrons. The molecular weight excluding hydrogens is 362 g/mol. The van der Waals surface area contributed by atoms with Gasteiger partial charge in [0.2, 0.25) is 5.91 Å². The summed E-state index contributed by atoms with van der Waals surface area (Å²) in [4.78, 5) is 31.1. The number of piperidine rings is 1. The Bertz CT molecular complexity index is 1010. The Hall–Kier alpha value is -3.21. The third kappa shape index (κ3) is 4.80. The summed E-state index contributed by atoms with van der Waals surface area (Å²) in [5.74, 6) is 0.602. The number of amides is 1. The van der Waals surface area contributed by atoms with Crippen LogP contribution < -0.4 is 5.56 Å². The maximum absolute atomic E-state index is 12.8. The van der Waals surface area contributed by atoms with E-state index in [4.69, 9.17) is 0 Å². The van der Waals surface area contributed by atoms with E-state index in [0.29, 0.717) is 11.6 Å². The van der Waals surface area contributed by atoms with Crippen LogP contribution in [0.5, 0.6) is 0 Å². The van der Waals surface area contributed by atoms with Crippen molar-refractivity contribution in [1.29, 1.82) is 0 Å². The van der Waals surface area contributed by atoms with Crippen LogP contribution in [0.2, 0.25) is 0 Å². The van der Waals surface area contributed by atoms with E-state index in [2.05, 4.69) is 29.2 Å². The Morgan fingerprint density at radius 1 is 0.966 bits per heavy atom. The van der Waals surface area contributed by atoms with Gasteiger partial charge in [-0.2, -0.15) is 0 Å². The number of hydrogen-bond donors (Lipinski definition) is 0. The molecule has 0 N–H and O–H groups in total. The van der Waals surface area contributed by atoms with E-state index >= 15 is 0 Å². The molecule has 1 saturated heterocycles. The van der Waals surface area contributed by atoms with Crippen molar-refractivity contribution in [2.75, 3.05) is 13.1 Å². The minimum atomic E-state index is -0.253. The molecular formula is C24H25N3O2. The number of likely N-dealkylation sites (tertiary alicyclic amines) is 1. The molecule has 1 aromatic heterocycles. The zero-order valence-corrected chi connectivity index (χ0v) is 16.4. The number of hydrogen-bond acceptors (Lipinski definition) is 3. The molecule has 0 spiro atoms. The molecule has 3 aromatic rings. The number of carbonyl (C=O) groups excluding carboxylic acids is 1. The first kappa shape index (κ1) is 19.1. The predicted octanol–water partition coefficient (Wildman–Crippen LogP) is 3.39. The van der Waals surface area contributed by atoms with Crippen molar-refractivity contribution in [2.24, 2.45) is 5.92 Å². The molecule has 0 bridgehead atoms. The Morgan fingerprint density at radius 2 is 1.62 bits per heavy atom. The molecule has 1 aliphatic heterocycles. The van der Waals surface area contributed by atoms with Crippen molar-refractivity contribution in [3.8, 4) is 11.3 Å². The molecule has 5 heteroatoms. The molecule has 4 rings (SSSR count). The molecule has 1 fully saturated rings. The third-order valence-electron chi connectivity index (χ3n) is 5.58. The van der Waals surface area contributed by atoms with Gasteiger partial charge in [0, 0.05) is 24.8 Å². The summed E-state index contributed by atoms with van der Waals surface area (Å²) in [6.07, 6.45) is 6.04. The topological polar surface area (TPSA) is 55.2 Å². The number of aromatic nitrogens is 2. The second kappa shape index (κ2) is 8.86. The first-order valence-corrected chi connectivity index (χ1v) is 10.1. The van der Waals surface area contributed by atoms with Gasteiger partial charge >= 0.3 is 0 Å². The number of nitrogens with zero attached hydrogens (tertiary/aromatic N) is 3. The standard InChI is InChI=1S/C24H25N3O2/c28-23-16-25-22(21-9-5-2-6-10-21)17-27(23)18-24(29)26-13-11-20(12-14-26)15-19-7-3-1-4-8-19/h1-10,16-17,20H,11-15,18H2. The SMILES string of the molecule is O=C(Cn1cc(-c2ccccc2)ncc1=O)N1CCC(Cc2ccccc2)CC1. The molecule has 2 aromatic carbocycles. The lowest BCUT2D eigenvalue weighted by Gasteiger charge is -2.32. The molecule has 0 saturated carbocycles. The lowest BCUT2D eigenvalue weighted by Crippen LogP contribution is -2.41. The van der Waals surface area contributed by atoms with Gasteiger partial charge in [-0.05, 0) is 30.7 Å². The van der Waals surface area contributed by atoms with E-state index in [-0.39, 0.29) is 18.0 Å². The predicted molar refractivity (Wildman–Crippen MR) is 113 cm³/mol. The van der Waals surface area contributed by atoms with E-state index in [0.717, 1.165) is 37.9 Å². The highest BCUT2D eigenvalue weighted by Crippen LogP contribution is 2.22. The van der Waals surface area contributed by atoms with Crippen molar-refractivity contribution in [1.82, 2.24) is 14.5 Å². The highest BCUT2D eigenvalue weighted by Gasteiger charge is 2.23. The van der Waals surface area contributed by atoms with Crippen molar-refractivity contribution in [3.05, 3.63) is 89.0 Å². The smallest absolute Gasteiger partial charge is 0.269 e. The summed E-state index contributed by atoms with van der Waals surface area (Å²) in [5.41, 5.74) is 2.72. The average molecular weight is 387 g/mol. The first-order valence-electron chi connectivity index (χ1n) is 10.1. The maximum Gasteiger partial charge on any atom is 0.269 e. The second-order valence-corrected chi connectivity index (χ2v) is 7.62. The zero-order valence-electron chi connectivity index (χ0n) is 16.4. The minimum Gasteiger partial charge on any atom is -0.341 e. The molecule has 1 aliphatic rings.